The predicted octanol–water partition coefficient (Wildman–Crippen LogP) is 2.54. The zero-order valence-electron chi connectivity index (χ0n) is 16.6. The Kier molecular flexibility index (Phi) is 4.73. The van der Waals surface area contributed by atoms with Crippen LogP contribution in [0.5, 0.6) is 0 Å². The quantitative estimate of drug-likeness (QED) is 0.789. The van der Waals surface area contributed by atoms with Gasteiger partial charge in [0.2, 0.25) is 5.91 Å². The Morgan fingerprint density at radius 3 is 2.68 bits per heavy atom. The van der Waals surface area contributed by atoms with E-state index in [2.05, 4.69) is 14.8 Å². The van der Waals surface area contributed by atoms with E-state index in [1.165, 1.54) is 12.8 Å². The fourth-order valence-electron chi connectivity index (χ4n) is 5.78. The van der Waals surface area contributed by atoms with Gasteiger partial charge < -0.3 is 14.7 Å². The number of amides is 2. The third kappa shape index (κ3) is 3.27. The van der Waals surface area contributed by atoms with Crippen LogP contribution in [-0.4, -0.2) is 65.4 Å². The van der Waals surface area contributed by atoms with Gasteiger partial charge in [0, 0.05) is 51.4 Å². The summed E-state index contributed by atoms with van der Waals surface area (Å²) in [5.41, 5.74) is 0.701. The molecular formula is C22H30N4O2. The molecule has 1 aromatic heterocycles. The molecule has 28 heavy (non-hydrogen) atoms. The Morgan fingerprint density at radius 1 is 1.04 bits per heavy atom. The van der Waals surface area contributed by atoms with E-state index in [9.17, 15) is 9.59 Å². The predicted molar refractivity (Wildman–Crippen MR) is 107 cm³/mol. The average Bonchev–Trinajstić information content (AvgIpc) is 2.75. The van der Waals surface area contributed by atoms with Crippen LogP contribution >= 0.6 is 0 Å². The molecule has 5 heterocycles. The molecule has 5 rings (SSSR count). The van der Waals surface area contributed by atoms with E-state index >= 15 is 0 Å². The standard InChI is InChI=1S/C22H30N4O2/c27-21-6-4-5-19-18-11-16(14-26(19)21)13-25(15-18)20-8-7-17(12-23-20)22(28)24-9-2-1-3-10-24/h7-8,12,16,18-19H,1-6,9-11,13-15H2/t16?,18?,19-/m1/s1. The molecule has 6 heteroatoms. The number of pyridine rings is 1. The number of anilines is 1. The van der Waals surface area contributed by atoms with E-state index in [1.807, 2.05) is 17.0 Å². The van der Waals surface area contributed by atoms with E-state index in [-0.39, 0.29) is 5.91 Å². The first kappa shape index (κ1) is 18.0. The van der Waals surface area contributed by atoms with Gasteiger partial charge in [0.1, 0.15) is 5.82 Å². The average molecular weight is 383 g/mol. The molecule has 0 aliphatic carbocycles. The number of carbonyl (C=O) groups is 2. The van der Waals surface area contributed by atoms with Gasteiger partial charge >= 0.3 is 0 Å². The van der Waals surface area contributed by atoms with E-state index < -0.39 is 0 Å². The van der Waals surface area contributed by atoms with Gasteiger partial charge in [-0.25, -0.2) is 4.98 Å². The van der Waals surface area contributed by atoms with Crippen molar-refractivity contribution in [1.29, 1.82) is 0 Å². The third-order valence-corrected chi connectivity index (χ3v) is 7.14. The van der Waals surface area contributed by atoms with Crippen molar-refractivity contribution in [2.75, 3.05) is 37.6 Å². The largest absolute Gasteiger partial charge is 0.356 e. The van der Waals surface area contributed by atoms with E-state index in [4.69, 9.17) is 0 Å². The van der Waals surface area contributed by atoms with Gasteiger partial charge in [-0.05, 0) is 62.5 Å². The second-order valence-electron chi connectivity index (χ2n) is 9.03. The maximum absolute atomic E-state index is 12.7. The molecule has 0 radical (unpaired) electrons. The molecule has 2 bridgehead atoms. The van der Waals surface area contributed by atoms with Crippen LogP contribution in [0.4, 0.5) is 5.82 Å². The van der Waals surface area contributed by atoms with Crippen LogP contribution in [0.1, 0.15) is 55.3 Å². The fourth-order valence-corrected chi connectivity index (χ4v) is 5.78. The molecular weight excluding hydrogens is 352 g/mol. The summed E-state index contributed by atoms with van der Waals surface area (Å²) < 4.78 is 0. The van der Waals surface area contributed by atoms with Gasteiger partial charge in [0.25, 0.3) is 5.91 Å². The topological polar surface area (TPSA) is 56.8 Å². The summed E-state index contributed by atoms with van der Waals surface area (Å²) in [6.45, 7) is 4.57. The molecule has 1 aromatic rings. The van der Waals surface area contributed by atoms with Crippen LogP contribution in [-0.2, 0) is 4.79 Å². The molecule has 0 N–H and O–H groups in total. The molecule has 150 valence electrons. The maximum Gasteiger partial charge on any atom is 0.255 e. The fraction of sp³-hybridized carbons (Fsp3) is 0.682. The second kappa shape index (κ2) is 7.37. The molecule has 3 atom stereocenters. The van der Waals surface area contributed by atoms with Crippen LogP contribution in [0.2, 0.25) is 0 Å². The Bertz CT molecular complexity index is 743. The highest BCUT2D eigenvalue weighted by Gasteiger charge is 2.44. The van der Waals surface area contributed by atoms with E-state index in [0.717, 1.165) is 70.6 Å². The van der Waals surface area contributed by atoms with Gasteiger partial charge in [-0.15, -0.1) is 0 Å². The summed E-state index contributed by atoms with van der Waals surface area (Å²) in [4.78, 5) is 36.2. The molecule has 4 fully saturated rings. The summed E-state index contributed by atoms with van der Waals surface area (Å²) in [6, 6.07) is 4.38. The normalized spacial score (nSPS) is 30.2. The van der Waals surface area contributed by atoms with Crippen LogP contribution in [0, 0.1) is 11.8 Å². The van der Waals surface area contributed by atoms with Gasteiger partial charge in [0.15, 0.2) is 0 Å². The van der Waals surface area contributed by atoms with Crippen molar-refractivity contribution >= 4 is 17.6 Å². The van der Waals surface area contributed by atoms with Crippen LogP contribution < -0.4 is 4.90 Å². The van der Waals surface area contributed by atoms with Crippen LogP contribution in [0.3, 0.4) is 0 Å². The molecule has 6 nitrogen and oxygen atoms in total. The van der Waals surface area contributed by atoms with Crippen LogP contribution in [0.15, 0.2) is 18.3 Å². The monoisotopic (exact) mass is 382 g/mol. The van der Waals surface area contributed by atoms with Crippen molar-refractivity contribution in [3.63, 3.8) is 0 Å². The number of likely N-dealkylation sites (tertiary alicyclic amines) is 1. The minimum atomic E-state index is 0.116. The number of piperidine rings is 4. The highest BCUT2D eigenvalue weighted by atomic mass is 16.2. The molecule has 0 aromatic carbocycles. The van der Waals surface area contributed by atoms with E-state index in [1.54, 1.807) is 6.20 Å². The zero-order chi connectivity index (χ0) is 19.1. The number of carbonyl (C=O) groups excluding carboxylic acids is 2. The highest BCUT2D eigenvalue weighted by Crippen LogP contribution is 2.38. The third-order valence-electron chi connectivity index (χ3n) is 7.14. The minimum absolute atomic E-state index is 0.116. The molecule has 2 amide bonds. The Balaban J connectivity index is 1.28. The molecule has 2 unspecified atom stereocenters. The Labute approximate surface area is 166 Å². The van der Waals surface area contributed by atoms with Crippen molar-refractivity contribution < 1.29 is 9.59 Å². The lowest BCUT2D eigenvalue weighted by Crippen LogP contribution is -2.60. The number of fused-ring (bicyclic) bond motifs is 4. The van der Waals surface area contributed by atoms with Crippen molar-refractivity contribution in [3.8, 4) is 0 Å². The van der Waals surface area contributed by atoms with Gasteiger partial charge in [-0.1, -0.05) is 0 Å². The first-order chi connectivity index (χ1) is 13.7. The molecule has 0 saturated carbocycles. The van der Waals surface area contributed by atoms with Gasteiger partial charge in [-0.3, -0.25) is 9.59 Å². The van der Waals surface area contributed by atoms with Gasteiger partial charge in [-0.2, -0.15) is 0 Å². The zero-order valence-corrected chi connectivity index (χ0v) is 16.6. The lowest BCUT2D eigenvalue weighted by atomic mass is 9.76. The molecule has 4 saturated heterocycles. The maximum atomic E-state index is 12.7. The SMILES string of the molecule is O=C(c1ccc(N2CC3CC(C2)[C@H]2CCCC(=O)N2C3)nc1)N1CCCCC1. The summed E-state index contributed by atoms with van der Waals surface area (Å²) in [6.07, 6.45) is 9.34. The van der Waals surface area contributed by atoms with Crippen molar-refractivity contribution in [3.05, 3.63) is 23.9 Å². The summed E-state index contributed by atoms with van der Waals surface area (Å²) >= 11 is 0. The first-order valence-corrected chi connectivity index (χ1v) is 11.0. The first-order valence-electron chi connectivity index (χ1n) is 11.0. The summed E-state index contributed by atoms with van der Waals surface area (Å²) in [5.74, 6) is 2.53. The number of rotatable bonds is 2. The number of hydrogen-bond acceptors (Lipinski definition) is 4. The summed E-state index contributed by atoms with van der Waals surface area (Å²) in [5, 5.41) is 0. The smallest absolute Gasteiger partial charge is 0.255 e. The van der Waals surface area contributed by atoms with Crippen molar-refractivity contribution in [2.45, 2.75) is 51.0 Å². The van der Waals surface area contributed by atoms with E-state index in [0.29, 0.717) is 29.3 Å². The number of aromatic nitrogens is 1. The Morgan fingerprint density at radius 2 is 1.89 bits per heavy atom. The second-order valence-corrected chi connectivity index (χ2v) is 9.03. The van der Waals surface area contributed by atoms with Crippen LogP contribution in [0.25, 0.3) is 0 Å². The lowest BCUT2D eigenvalue weighted by molar-refractivity contribution is -0.142. The van der Waals surface area contributed by atoms with Crippen molar-refractivity contribution in [1.82, 2.24) is 14.8 Å². The highest BCUT2D eigenvalue weighted by molar-refractivity contribution is 5.94. The molecule has 0 spiro atoms. The lowest BCUT2D eigenvalue weighted by Gasteiger charge is -2.52. The number of hydrogen-bond donors (Lipinski definition) is 0. The Hall–Kier alpha value is -2.11. The molecule has 4 aliphatic rings. The number of nitrogens with zero attached hydrogens (tertiary/aromatic N) is 4. The van der Waals surface area contributed by atoms with Gasteiger partial charge in [0.05, 0.1) is 5.56 Å². The van der Waals surface area contributed by atoms with Crippen molar-refractivity contribution in [2.24, 2.45) is 11.8 Å². The molecule has 4 aliphatic heterocycles. The minimum Gasteiger partial charge on any atom is -0.356 e. The summed E-state index contributed by atoms with van der Waals surface area (Å²) in [7, 11) is 0.